The highest BCUT2D eigenvalue weighted by atomic mass is 127. The third kappa shape index (κ3) is 5.47. The van der Waals surface area contributed by atoms with E-state index in [2.05, 4.69) is 21.7 Å². The molecule has 0 aliphatic carbocycles. The molecule has 0 radical (unpaired) electrons. The molecule has 0 spiro atoms. The molecule has 2 aromatic carbocycles. The van der Waals surface area contributed by atoms with Crippen LogP contribution in [0.25, 0.3) is 0 Å². The highest BCUT2D eigenvalue weighted by Crippen LogP contribution is 2.31. The summed E-state index contributed by atoms with van der Waals surface area (Å²) >= 11 is 0. The summed E-state index contributed by atoms with van der Waals surface area (Å²) < 4.78 is 24.9. The van der Waals surface area contributed by atoms with Crippen molar-refractivity contribution in [3.63, 3.8) is 0 Å². The monoisotopic (exact) mass is 485 g/mol. The number of fused-ring (bicyclic) bond motifs is 1. The molecule has 0 aromatic heterocycles. The van der Waals surface area contributed by atoms with Crippen LogP contribution >= 0.6 is 24.0 Å². The molecule has 2 aromatic rings. The van der Waals surface area contributed by atoms with Crippen molar-refractivity contribution in [2.24, 2.45) is 4.99 Å². The van der Waals surface area contributed by atoms with Crippen LogP contribution in [0, 0.1) is 5.82 Å². The molecule has 3 rings (SSSR count). The minimum atomic E-state index is -0.354. The van der Waals surface area contributed by atoms with Gasteiger partial charge in [-0.2, -0.15) is 0 Å². The normalized spacial score (nSPS) is 15.8. The zero-order chi connectivity index (χ0) is 18.4. The lowest BCUT2D eigenvalue weighted by Gasteiger charge is -2.28. The van der Waals surface area contributed by atoms with Gasteiger partial charge in [0, 0.05) is 25.6 Å². The zero-order valence-electron chi connectivity index (χ0n) is 15.5. The van der Waals surface area contributed by atoms with Gasteiger partial charge < -0.3 is 20.1 Å². The lowest BCUT2D eigenvalue weighted by molar-refractivity contribution is 0.261. The van der Waals surface area contributed by atoms with Gasteiger partial charge >= 0.3 is 0 Å². The van der Waals surface area contributed by atoms with Crippen molar-refractivity contribution in [2.75, 3.05) is 20.3 Å². The Morgan fingerprint density at radius 1 is 1.30 bits per heavy atom. The molecule has 7 heteroatoms. The first kappa shape index (κ1) is 21.3. The van der Waals surface area contributed by atoms with Gasteiger partial charge in [0.15, 0.2) is 17.5 Å². The molecular formula is C20H25FIN3O2. The van der Waals surface area contributed by atoms with Crippen molar-refractivity contribution >= 4 is 29.9 Å². The summed E-state index contributed by atoms with van der Waals surface area (Å²) in [5.41, 5.74) is 1.94. The SMILES string of the molecule is CCOc1ccc(CNC(=NC)NC2CCOc3ccccc32)cc1F.I. The Kier molecular flexibility index (Phi) is 8.15. The smallest absolute Gasteiger partial charge is 0.191 e. The van der Waals surface area contributed by atoms with Crippen LogP contribution in [0.15, 0.2) is 47.5 Å². The maximum absolute atomic E-state index is 14.0. The fraction of sp³-hybridized carbons (Fsp3) is 0.350. The molecule has 0 fully saturated rings. The number of benzene rings is 2. The van der Waals surface area contributed by atoms with Crippen LogP contribution in [0.1, 0.15) is 30.5 Å². The van der Waals surface area contributed by atoms with Gasteiger partial charge in [-0.15, -0.1) is 24.0 Å². The third-order valence-electron chi connectivity index (χ3n) is 4.25. The van der Waals surface area contributed by atoms with Crippen molar-refractivity contribution in [1.82, 2.24) is 10.6 Å². The van der Waals surface area contributed by atoms with E-state index in [1.807, 2.05) is 31.2 Å². The number of rotatable bonds is 5. The van der Waals surface area contributed by atoms with E-state index in [0.29, 0.717) is 25.7 Å². The van der Waals surface area contributed by atoms with E-state index in [-0.39, 0.29) is 41.6 Å². The van der Waals surface area contributed by atoms with Crippen molar-refractivity contribution < 1.29 is 13.9 Å². The number of aliphatic imine (C=N–C) groups is 1. The first-order chi connectivity index (χ1) is 12.7. The van der Waals surface area contributed by atoms with Crippen molar-refractivity contribution in [2.45, 2.75) is 25.9 Å². The van der Waals surface area contributed by atoms with Crippen LogP contribution < -0.4 is 20.1 Å². The first-order valence-corrected chi connectivity index (χ1v) is 8.81. The van der Waals surface area contributed by atoms with Crippen LogP contribution in [0.3, 0.4) is 0 Å². The van der Waals surface area contributed by atoms with Crippen LogP contribution in [-0.2, 0) is 6.54 Å². The molecular weight excluding hydrogens is 460 g/mol. The number of halogens is 2. The summed E-state index contributed by atoms with van der Waals surface area (Å²) in [5.74, 6) is 1.49. The lowest BCUT2D eigenvalue weighted by Crippen LogP contribution is -2.40. The van der Waals surface area contributed by atoms with E-state index < -0.39 is 0 Å². The molecule has 1 heterocycles. The standard InChI is InChI=1S/C20H24FN3O2.HI/c1-3-25-19-9-8-14(12-16(19)21)13-23-20(22-2)24-17-10-11-26-18-7-5-4-6-15(17)18;/h4-9,12,17H,3,10-11,13H2,1-2H3,(H2,22,23,24);1H. The second-order valence-corrected chi connectivity index (χ2v) is 6.00. The third-order valence-corrected chi connectivity index (χ3v) is 4.25. The van der Waals surface area contributed by atoms with Gasteiger partial charge in [-0.05, 0) is 30.7 Å². The number of guanidine groups is 1. The largest absolute Gasteiger partial charge is 0.493 e. The van der Waals surface area contributed by atoms with E-state index in [4.69, 9.17) is 9.47 Å². The Balaban J connectivity index is 0.00000261. The average Bonchev–Trinajstić information content (AvgIpc) is 2.67. The van der Waals surface area contributed by atoms with Gasteiger partial charge in [-0.3, -0.25) is 4.99 Å². The van der Waals surface area contributed by atoms with Gasteiger partial charge in [-0.1, -0.05) is 24.3 Å². The molecule has 0 saturated carbocycles. The average molecular weight is 485 g/mol. The van der Waals surface area contributed by atoms with E-state index in [1.54, 1.807) is 13.1 Å². The minimum Gasteiger partial charge on any atom is -0.493 e. The quantitative estimate of drug-likeness (QED) is 0.382. The number of nitrogens with one attached hydrogen (secondary N) is 2. The molecule has 146 valence electrons. The number of nitrogens with zero attached hydrogens (tertiary/aromatic N) is 1. The maximum Gasteiger partial charge on any atom is 0.191 e. The van der Waals surface area contributed by atoms with Gasteiger partial charge in [0.2, 0.25) is 0 Å². The van der Waals surface area contributed by atoms with E-state index in [0.717, 1.165) is 23.3 Å². The van der Waals surface area contributed by atoms with Crippen LogP contribution in [-0.4, -0.2) is 26.2 Å². The molecule has 1 aliphatic rings. The summed E-state index contributed by atoms with van der Waals surface area (Å²) in [7, 11) is 1.72. The predicted octanol–water partition coefficient (Wildman–Crippen LogP) is 4.03. The molecule has 5 nitrogen and oxygen atoms in total. The van der Waals surface area contributed by atoms with Crippen LogP contribution in [0.4, 0.5) is 4.39 Å². The maximum atomic E-state index is 14.0. The number of hydrogen-bond donors (Lipinski definition) is 2. The van der Waals surface area contributed by atoms with E-state index in [9.17, 15) is 4.39 Å². The summed E-state index contributed by atoms with van der Waals surface area (Å²) in [4.78, 5) is 4.27. The second-order valence-electron chi connectivity index (χ2n) is 6.00. The number of para-hydroxylation sites is 1. The Labute approximate surface area is 176 Å². The Hall–Kier alpha value is -2.03. The summed E-state index contributed by atoms with van der Waals surface area (Å²) in [5, 5.41) is 6.65. The second kappa shape index (κ2) is 10.3. The zero-order valence-corrected chi connectivity index (χ0v) is 17.8. The van der Waals surface area contributed by atoms with E-state index >= 15 is 0 Å². The highest BCUT2D eigenvalue weighted by molar-refractivity contribution is 14.0. The molecule has 1 unspecified atom stereocenters. The van der Waals surface area contributed by atoms with Gasteiger partial charge in [-0.25, -0.2) is 4.39 Å². The van der Waals surface area contributed by atoms with Gasteiger partial charge in [0.1, 0.15) is 5.75 Å². The van der Waals surface area contributed by atoms with Gasteiger partial charge in [0.05, 0.1) is 19.3 Å². The summed E-state index contributed by atoms with van der Waals surface area (Å²) in [6.07, 6.45) is 0.857. The number of hydrogen-bond acceptors (Lipinski definition) is 3. The number of ether oxygens (including phenoxy) is 2. The molecule has 0 saturated heterocycles. The van der Waals surface area contributed by atoms with Crippen molar-refractivity contribution in [3.8, 4) is 11.5 Å². The summed E-state index contributed by atoms with van der Waals surface area (Å²) in [6.45, 7) is 3.40. The molecule has 0 amide bonds. The highest BCUT2D eigenvalue weighted by Gasteiger charge is 2.21. The fourth-order valence-electron chi connectivity index (χ4n) is 2.96. The van der Waals surface area contributed by atoms with Gasteiger partial charge in [0.25, 0.3) is 0 Å². The fourth-order valence-corrected chi connectivity index (χ4v) is 2.96. The molecule has 27 heavy (non-hydrogen) atoms. The predicted molar refractivity (Wildman–Crippen MR) is 116 cm³/mol. The molecule has 0 bridgehead atoms. The topological polar surface area (TPSA) is 54.9 Å². The van der Waals surface area contributed by atoms with E-state index in [1.165, 1.54) is 6.07 Å². The van der Waals surface area contributed by atoms with Crippen LogP contribution in [0.5, 0.6) is 11.5 Å². The lowest BCUT2D eigenvalue weighted by atomic mass is 10.0. The van der Waals surface area contributed by atoms with Crippen molar-refractivity contribution in [3.05, 3.63) is 59.4 Å². The Morgan fingerprint density at radius 3 is 2.85 bits per heavy atom. The van der Waals surface area contributed by atoms with Crippen molar-refractivity contribution in [1.29, 1.82) is 0 Å². The Bertz CT molecular complexity index is 786. The van der Waals surface area contributed by atoms with Crippen LogP contribution in [0.2, 0.25) is 0 Å². The molecule has 1 aliphatic heterocycles. The Morgan fingerprint density at radius 2 is 2.11 bits per heavy atom. The first-order valence-electron chi connectivity index (χ1n) is 8.81. The summed E-state index contributed by atoms with van der Waals surface area (Å²) in [6, 6.07) is 13.1. The molecule has 1 atom stereocenters. The minimum absolute atomic E-state index is 0. The molecule has 2 N–H and O–H groups in total.